The molecule has 9 heteroatoms. The van der Waals surface area contributed by atoms with E-state index in [0.717, 1.165) is 0 Å². The summed E-state index contributed by atoms with van der Waals surface area (Å²) in [6, 6.07) is 5.32. The van der Waals surface area contributed by atoms with Crippen LogP contribution in [0, 0.1) is 12.7 Å². The molecule has 2 heterocycles. The van der Waals surface area contributed by atoms with E-state index < -0.39 is 23.5 Å². The van der Waals surface area contributed by atoms with Gasteiger partial charge in [0.25, 0.3) is 5.78 Å². The van der Waals surface area contributed by atoms with Crippen molar-refractivity contribution in [2.45, 2.75) is 13.8 Å². The van der Waals surface area contributed by atoms with Crippen LogP contribution in [-0.2, 0) is 14.3 Å². The zero-order valence-corrected chi connectivity index (χ0v) is 16.2. The van der Waals surface area contributed by atoms with Crippen LogP contribution in [0.3, 0.4) is 0 Å². The summed E-state index contributed by atoms with van der Waals surface area (Å²) < 4.78 is 23.7. The van der Waals surface area contributed by atoms with Crippen LogP contribution in [0.15, 0.2) is 24.3 Å². The smallest absolute Gasteiger partial charge is 0.340 e. The van der Waals surface area contributed by atoms with Crippen molar-refractivity contribution in [2.75, 3.05) is 32.9 Å². The number of carbonyl (C=O) groups excluding carboxylic acids is 3. The molecule has 1 aromatic carbocycles. The number of aromatic nitrogens is 1. The molecular formula is C20H22FN3O5. The number of esters is 1. The van der Waals surface area contributed by atoms with E-state index in [1.807, 2.05) is 0 Å². The Morgan fingerprint density at radius 3 is 2.48 bits per heavy atom. The number of nitrogens with zero attached hydrogens (tertiary/aromatic N) is 1. The van der Waals surface area contributed by atoms with E-state index in [-0.39, 0.29) is 23.4 Å². The Bertz CT molecular complexity index is 917. The van der Waals surface area contributed by atoms with Gasteiger partial charge in [-0.25, -0.2) is 14.2 Å². The molecule has 2 N–H and O–H groups in total. The first-order valence-corrected chi connectivity index (χ1v) is 9.26. The highest BCUT2D eigenvalue weighted by Crippen LogP contribution is 2.31. The minimum Gasteiger partial charge on any atom is -0.462 e. The van der Waals surface area contributed by atoms with E-state index in [1.54, 1.807) is 18.9 Å². The van der Waals surface area contributed by atoms with Gasteiger partial charge in [-0.2, -0.15) is 0 Å². The average Bonchev–Trinajstić information content (AvgIpc) is 3.06. The molecule has 1 amide bonds. The summed E-state index contributed by atoms with van der Waals surface area (Å²) in [5, 5.41) is 1.60. The van der Waals surface area contributed by atoms with Crippen LogP contribution in [0.4, 0.5) is 4.39 Å². The van der Waals surface area contributed by atoms with Gasteiger partial charge in [-0.1, -0.05) is 12.1 Å². The summed E-state index contributed by atoms with van der Waals surface area (Å²) >= 11 is 0. The molecule has 1 fully saturated rings. The van der Waals surface area contributed by atoms with Gasteiger partial charge in [-0.3, -0.25) is 15.0 Å². The number of morpholine rings is 1. The third kappa shape index (κ3) is 4.52. The Labute approximate surface area is 166 Å². The molecule has 0 bridgehead atoms. The van der Waals surface area contributed by atoms with Gasteiger partial charge in [-0.05, 0) is 31.5 Å². The molecule has 1 aromatic heterocycles. The molecule has 1 saturated heterocycles. The van der Waals surface area contributed by atoms with Gasteiger partial charge in [0.1, 0.15) is 11.5 Å². The van der Waals surface area contributed by atoms with Crippen molar-refractivity contribution in [3.05, 3.63) is 47.0 Å². The highest BCUT2D eigenvalue weighted by molar-refractivity contribution is 6.43. The number of halogens is 1. The van der Waals surface area contributed by atoms with Crippen molar-refractivity contribution in [1.82, 2.24) is 15.4 Å². The summed E-state index contributed by atoms with van der Waals surface area (Å²) in [7, 11) is 0. The molecular weight excluding hydrogens is 381 g/mol. The molecule has 8 nitrogen and oxygen atoms in total. The molecule has 0 atom stereocenters. The van der Waals surface area contributed by atoms with E-state index in [9.17, 15) is 18.8 Å². The van der Waals surface area contributed by atoms with Crippen LogP contribution >= 0.6 is 0 Å². The summed E-state index contributed by atoms with van der Waals surface area (Å²) in [6.45, 7) is 5.24. The Balaban J connectivity index is 1.99. The standard InChI is InChI=1S/C20H22FN3O5/c1-3-29-20(27)15-12(2)22-17(16(15)13-4-6-14(21)7-5-13)18(25)19(26)23-24-8-10-28-11-9-24/h4-7,22H,3,8-11H2,1-2H3,(H,23,26). The first kappa shape index (κ1) is 20.7. The van der Waals surface area contributed by atoms with Gasteiger partial charge in [-0.15, -0.1) is 0 Å². The second-order valence-electron chi connectivity index (χ2n) is 6.47. The summed E-state index contributed by atoms with van der Waals surface area (Å²) in [6.07, 6.45) is 0. The predicted molar refractivity (Wildman–Crippen MR) is 102 cm³/mol. The maximum atomic E-state index is 13.4. The number of H-pyrrole nitrogens is 1. The van der Waals surface area contributed by atoms with E-state index >= 15 is 0 Å². The summed E-state index contributed by atoms with van der Waals surface area (Å²) in [5.74, 6) is -2.77. The maximum Gasteiger partial charge on any atom is 0.340 e. The minimum atomic E-state index is -0.841. The number of hydrazine groups is 1. The first-order chi connectivity index (χ1) is 13.9. The number of hydrogen-bond acceptors (Lipinski definition) is 6. The fraction of sp³-hybridized carbons (Fsp3) is 0.350. The number of aryl methyl sites for hydroxylation is 1. The maximum absolute atomic E-state index is 13.4. The molecule has 29 heavy (non-hydrogen) atoms. The van der Waals surface area contributed by atoms with Crippen molar-refractivity contribution in [3.8, 4) is 11.1 Å². The number of nitrogens with one attached hydrogen (secondary N) is 2. The molecule has 1 aliphatic heterocycles. The van der Waals surface area contributed by atoms with Crippen LogP contribution in [0.1, 0.15) is 33.5 Å². The van der Waals surface area contributed by atoms with Gasteiger partial charge in [0.15, 0.2) is 0 Å². The first-order valence-electron chi connectivity index (χ1n) is 9.26. The topological polar surface area (TPSA) is 101 Å². The quantitative estimate of drug-likeness (QED) is 0.434. The average molecular weight is 403 g/mol. The zero-order valence-electron chi connectivity index (χ0n) is 16.2. The van der Waals surface area contributed by atoms with Crippen LogP contribution in [-0.4, -0.2) is 60.6 Å². The lowest BCUT2D eigenvalue weighted by Crippen LogP contribution is -2.50. The van der Waals surface area contributed by atoms with Crippen LogP contribution in [0.25, 0.3) is 11.1 Å². The van der Waals surface area contributed by atoms with E-state index in [1.165, 1.54) is 24.3 Å². The number of carbonyl (C=O) groups is 3. The van der Waals surface area contributed by atoms with Crippen molar-refractivity contribution >= 4 is 17.7 Å². The Kier molecular flexibility index (Phi) is 6.40. The lowest BCUT2D eigenvalue weighted by Gasteiger charge is -2.26. The summed E-state index contributed by atoms with van der Waals surface area (Å²) in [4.78, 5) is 40.8. The van der Waals surface area contributed by atoms with Gasteiger partial charge in [0.2, 0.25) is 0 Å². The fourth-order valence-corrected chi connectivity index (χ4v) is 3.14. The normalized spacial score (nSPS) is 14.4. The number of ether oxygens (including phenoxy) is 2. The van der Waals surface area contributed by atoms with Crippen molar-refractivity contribution < 1.29 is 28.2 Å². The second kappa shape index (κ2) is 8.97. The van der Waals surface area contributed by atoms with Crippen LogP contribution < -0.4 is 5.43 Å². The SMILES string of the molecule is CCOC(=O)c1c(C)[nH]c(C(=O)C(=O)NN2CCOCC2)c1-c1ccc(F)cc1. The molecule has 1 aliphatic rings. The van der Waals surface area contributed by atoms with Crippen LogP contribution in [0.2, 0.25) is 0 Å². The zero-order chi connectivity index (χ0) is 21.0. The predicted octanol–water partition coefficient (Wildman–Crippen LogP) is 1.85. The van der Waals surface area contributed by atoms with Gasteiger partial charge >= 0.3 is 11.9 Å². The number of hydrogen-bond donors (Lipinski definition) is 2. The van der Waals surface area contributed by atoms with Crippen molar-refractivity contribution in [1.29, 1.82) is 0 Å². The number of amides is 1. The van der Waals surface area contributed by atoms with E-state index in [0.29, 0.717) is 37.6 Å². The highest BCUT2D eigenvalue weighted by Gasteiger charge is 2.30. The number of aromatic amines is 1. The third-order valence-electron chi connectivity index (χ3n) is 4.50. The monoisotopic (exact) mass is 403 g/mol. The molecule has 0 unspecified atom stereocenters. The molecule has 154 valence electrons. The molecule has 0 radical (unpaired) electrons. The van der Waals surface area contributed by atoms with Crippen molar-refractivity contribution in [2.24, 2.45) is 0 Å². The highest BCUT2D eigenvalue weighted by atomic mass is 19.1. The molecule has 3 rings (SSSR count). The van der Waals surface area contributed by atoms with Crippen molar-refractivity contribution in [3.63, 3.8) is 0 Å². The molecule has 2 aromatic rings. The second-order valence-corrected chi connectivity index (χ2v) is 6.47. The third-order valence-corrected chi connectivity index (χ3v) is 4.50. The van der Waals surface area contributed by atoms with E-state index in [4.69, 9.17) is 9.47 Å². The Morgan fingerprint density at radius 1 is 1.21 bits per heavy atom. The molecule has 0 saturated carbocycles. The number of rotatable bonds is 6. The lowest BCUT2D eigenvalue weighted by atomic mass is 9.98. The Morgan fingerprint density at radius 2 is 1.86 bits per heavy atom. The lowest BCUT2D eigenvalue weighted by molar-refractivity contribution is -0.123. The van der Waals surface area contributed by atoms with Gasteiger partial charge in [0, 0.05) is 24.3 Å². The minimum absolute atomic E-state index is 0.0529. The number of Topliss-reactive ketones (excluding diaryl/α,β-unsaturated/α-hetero) is 1. The fourth-order valence-electron chi connectivity index (χ4n) is 3.14. The molecule has 0 spiro atoms. The van der Waals surface area contributed by atoms with Crippen LogP contribution in [0.5, 0.6) is 0 Å². The summed E-state index contributed by atoms with van der Waals surface area (Å²) in [5.41, 5.74) is 3.65. The van der Waals surface area contributed by atoms with Gasteiger partial charge in [0.05, 0.1) is 25.4 Å². The molecule has 0 aliphatic carbocycles. The largest absolute Gasteiger partial charge is 0.462 e. The van der Waals surface area contributed by atoms with Gasteiger partial charge < -0.3 is 14.5 Å². The Hall–Kier alpha value is -3.04. The van der Waals surface area contributed by atoms with E-state index in [2.05, 4.69) is 10.4 Å². The number of benzene rings is 1. The number of ketones is 1.